The van der Waals surface area contributed by atoms with Crippen LogP contribution in [-0.2, 0) is 0 Å². The molecule has 0 aromatic carbocycles. The second-order valence-electron chi connectivity index (χ2n) is 5.43. The summed E-state index contributed by atoms with van der Waals surface area (Å²) >= 11 is 0. The highest BCUT2D eigenvalue weighted by atomic mass is 15.4. The van der Waals surface area contributed by atoms with Crippen LogP contribution in [0.15, 0.2) is 12.7 Å². The topological polar surface area (TPSA) is 107 Å². The van der Waals surface area contributed by atoms with E-state index in [9.17, 15) is 0 Å². The lowest BCUT2D eigenvalue weighted by Crippen LogP contribution is -2.27. The number of aromatic nitrogens is 6. The van der Waals surface area contributed by atoms with Crippen LogP contribution < -0.4 is 11.1 Å². The zero-order valence-electron chi connectivity index (χ0n) is 12.1. The monoisotopic (exact) mass is 288 g/mol. The van der Waals surface area contributed by atoms with Crippen LogP contribution in [0.3, 0.4) is 0 Å². The van der Waals surface area contributed by atoms with Crippen LogP contribution in [0.2, 0.25) is 0 Å². The Balaban J connectivity index is 1.71. The van der Waals surface area contributed by atoms with Crippen molar-refractivity contribution in [2.45, 2.75) is 45.1 Å². The van der Waals surface area contributed by atoms with E-state index >= 15 is 0 Å². The van der Waals surface area contributed by atoms with Gasteiger partial charge in [-0.2, -0.15) is 24.7 Å². The average molecular weight is 288 g/mol. The molecular formula is C13H20N8. The summed E-state index contributed by atoms with van der Waals surface area (Å²) in [5.74, 6) is 1.93. The Kier molecular flexibility index (Phi) is 3.94. The molecular weight excluding hydrogens is 268 g/mol. The normalized spacial score (nSPS) is 22.1. The van der Waals surface area contributed by atoms with Crippen molar-refractivity contribution < 1.29 is 0 Å². The minimum Gasteiger partial charge on any atom is -0.368 e. The highest BCUT2D eigenvalue weighted by Gasteiger charge is 2.21. The van der Waals surface area contributed by atoms with Crippen LogP contribution in [0.4, 0.5) is 11.9 Å². The van der Waals surface area contributed by atoms with Gasteiger partial charge in [-0.05, 0) is 31.6 Å². The number of nitrogen functional groups attached to an aromatic ring is 1. The fraction of sp³-hybridized carbons (Fsp3) is 0.615. The van der Waals surface area contributed by atoms with Gasteiger partial charge in [0.1, 0.15) is 12.7 Å². The van der Waals surface area contributed by atoms with Crippen LogP contribution >= 0.6 is 0 Å². The van der Waals surface area contributed by atoms with E-state index in [1.807, 2.05) is 0 Å². The van der Waals surface area contributed by atoms with Gasteiger partial charge in [-0.1, -0.05) is 13.3 Å². The molecule has 1 fully saturated rings. The molecule has 2 aromatic heterocycles. The molecule has 2 aromatic rings. The lowest BCUT2D eigenvalue weighted by Gasteiger charge is -2.28. The Bertz CT molecular complexity index is 574. The van der Waals surface area contributed by atoms with Crippen molar-refractivity contribution in [2.24, 2.45) is 5.92 Å². The Morgan fingerprint density at radius 3 is 2.71 bits per heavy atom. The fourth-order valence-corrected chi connectivity index (χ4v) is 2.76. The first-order chi connectivity index (χ1) is 10.2. The molecule has 21 heavy (non-hydrogen) atoms. The maximum absolute atomic E-state index is 5.75. The predicted molar refractivity (Wildman–Crippen MR) is 78.8 cm³/mol. The van der Waals surface area contributed by atoms with Crippen molar-refractivity contribution in [1.82, 2.24) is 29.7 Å². The first-order valence-corrected chi connectivity index (χ1v) is 7.37. The minimum atomic E-state index is 0.181. The van der Waals surface area contributed by atoms with Crippen molar-refractivity contribution >= 4 is 11.9 Å². The number of rotatable bonds is 4. The smallest absolute Gasteiger partial charge is 0.258 e. The first-order valence-electron chi connectivity index (χ1n) is 7.37. The second-order valence-corrected chi connectivity index (χ2v) is 5.43. The summed E-state index contributed by atoms with van der Waals surface area (Å²) in [5.41, 5.74) is 5.75. The van der Waals surface area contributed by atoms with Crippen molar-refractivity contribution in [3.05, 3.63) is 12.7 Å². The van der Waals surface area contributed by atoms with Crippen LogP contribution in [-0.4, -0.2) is 35.8 Å². The highest BCUT2D eigenvalue weighted by molar-refractivity contribution is 5.35. The lowest BCUT2D eigenvalue weighted by atomic mass is 9.85. The quantitative estimate of drug-likeness (QED) is 0.875. The van der Waals surface area contributed by atoms with Gasteiger partial charge in [-0.3, -0.25) is 0 Å². The summed E-state index contributed by atoms with van der Waals surface area (Å²) < 4.78 is 1.47. The second kappa shape index (κ2) is 6.02. The van der Waals surface area contributed by atoms with Crippen LogP contribution in [0.1, 0.15) is 39.0 Å². The molecule has 0 atom stereocenters. The molecule has 2 heterocycles. The van der Waals surface area contributed by atoms with Crippen LogP contribution in [0, 0.1) is 5.92 Å². The third kappa shape index (κ3) is 3.26. The van der Waals surface area contributed by atoms with E-state index < -0.39 is 0 Å². The lowest BCUT2D eigenvalue weighted by molar-refractivity contribution is 0.329. The Morgan fingerprint density at radius 1 is 1.24 bits per heavy atom. The Morgan fingerprint density at radius 2 is 2.05 bits per heavy atom. The molecule has 1 saturated carbocycles. The Labute approximate surface area is 123 Å². The molecule has 0 amide bonds. The molecule has 8 nitrogen and oxygen atoms in total. The molecule has 0 unspecified atom stereocenters. The summed E-state index contributed by atoms with van der Waals surface area (Å²) in [6, 6.07) is 0.401. The van der Waals surface area contributed by atoms with Crippen LogP contribution in [0.25, 0.3) is 5.95 Å². The molecule has 8 heteroatoms. The van der Waals surface area contributed by atoms with Crippen molar-refractivity contribution in [3.63, 3.8) is 0 Å². The molecule has 0 aliphatic heterocycles. The molecule has 0 saturated heterocycles. The zero-order valence-corrected chi connectivity index (χ0v) is 12.1. The summed E-state index contributed by atoms with van der Waals surface area (Å²) in [7, 11) is 0. The predicted octanol–water partition coefficient (Wildman–Crippen LogP) is 1.42. The van der Waals surface area contributed by atoms with Gasteiger partial charge >= 0.3 is 0 Å². The molecule has 0 radical (unpaired) electrons. The van der Waals surface area contributed by atoms with E-state index in [4.69, 9.17) is 5.73 Å². The van der Waals surface area contributed by atoms with Gasteiger partial charge in [-0.15, -0.1) is 0 Å². The van der Waals surface area contributed by atoms with Gasteiger partial charge in [0.25, 0.3) is 5.95 Å². The molecule has 1 aliphatic carbocycles. The largest absolute Gasteiger partial charge is 0.368 e. The summed E-state index contributed by atoms with van der Waals surface area (Å²) in [4.78, 5) is 16.5. The van der Waals surface area contributed by atoms with Gasteiger partial charge in [0.15, 0.2) is 0 Å². The molecule has 0 spiro atoms. The van der Waals surface area contributed by atoms with Crippen LogP contribution in [0.5, 0.6) is 0 Å². The van der Waals surface area contributed by atoms with E-state index in [0.717, 1.165) is 18.8 Å². The van der Waals surface area contributed by atoms with Gasteiger partial charge in [0, 0.05) is 6.04 Å². The maximum atomic E-state index is 5.75. The SMILES string of the molecule is CCC1CCC(Nc2nc(N)nc(-n3cncn3)n2)CC1. The fourth-order valence-electron chi connectivity index (χ4n) is 2.76. The summed E-state index contributed by atoms with van der Waals surface area (Å²) in [6.07, 6.45) is 9.02. The third-order valence-corrected chi connectivity index (χ3v) is 4.02. The standard InChI is InChI=1S/C13H20N8/c1-2-9-3-5-10(6-4-9)17-12-18-11(14)19-13(20-12)21-8-15-7-16-21/h7-10H,2-6H2,1H3,(H3,14,17,18,19,20). The van der Waals surface area contributed by atoms with E-state index in [1.54, 1.807) is 0 Å². The number of nitrogens with two attached hydrogens (primary N) is 1. The van der Waals surface area contributed by atoms with Gasteiger partial charge in [-0.25, -0.2) is 4.98 Å². The minimum absolute atomic E-state index is 0.181. The van der Waals surface area contributed by atoms with Gasteiger partial charge in [0.05, 0.1) is 0 Å². The number of nitrogens with zero attached hydrogens (tertiary/aromatic N) is 6. The van der Waals surface area contributed by atoms with E-state index in [2.05, 4.69) is 37.3 Å². The summed E-state index contributed by atoms with van der Waals surface area (Å²) in [6.45, 7) is 2.26. The van der Waals surface area contributed by atoms with Crippen molar-refractivity contribution in [2.75, 3.05) is 11.1 Å². The number of nitrogens with one attached hydrogen (secondary N) is 1. The molecule has 0 bridgehead atoms. The number of anilines is 2. The van der Waals surface area contributed by atoms with Crippen molar-refractivity contribution in [1.29, 1.82) is 0 Å². The molecule has 1 aliphatic rings. The van der Waals surface area contributed by atoms with Gasteiger partial charge < -0.3 is 11.1 Å². The van der Waals surface area contributed by atoms with E-state index in [1.165, 1.54) is 36.6 Å². The molecule has 3 N–H and O–H groups in total. The van der Waals surface area contributed by atoms with Gasteiger partial charge in [0.2, 0.25) is 11.9 Å². The summed E-state index contributed by atoms with van der Waals surface area (Å²) in [5, 5.41) is 7.37. The molecule has 112 valence electrons. The molecule has 3 rings (SSSR count). The zero-order chi connectivity index (χ0) is 14.7. The third-order valence-electron chi connectivity index (χ3n) is 4.02. The Hall–Kier alpha value is -2.25. The van der Waals surface area contributed by atoms with Crippen molar-refractivity contribution in [3.8, 4) is 5.95 Å². The van der Waals surface area contributed by atoms with E-state index in [-0.39, 0.29) is 5.95 Å². The number of hydrogen-bond acceptors (Lipinski definition) is 7. The first kappa shape index (κ1) is 13.7. The maximum Gasteiger partial charge on any atom is 0.258 e. The average Bonchev–Trinajstić information content (AvgIpc) is 3.02. The highest BCUT2D eigenvalue weighted by Crippen LogP contribution is 2.27. The number of hydrogen-bond donors (Lipinski definition) is 2. The van der Waals surface area contributed by atoms with E-state index in [0.29, 0.717) is 17.9 Å².